The van der Waals surface area contributed by atoms with Crippen molar-refractivity contribution in [2.45, 2.75) is 20.4 Å². The molecule has 0 saturated carbocycles. The number of ether oxygens (including phenoxy) is 1. The molecule has 212 valence electrons. The lowest BCUT2D eigenvalue weighted by Crippen LogP contribution is -2.46. The summed E-state index contributed by atoms with van der Waals surface area (Å²) in [6, 6.07) is 20.9. The molecule has 4 aromatic rings. The molecule has 1 aliphatic rings. The van der Waals surface area contributed by atoms with Crippen molar-refractivity contribution in [3.8, 4) is 11.1 Å². The molecule has 5 rings (SSSR count). The summed E-state index contributed by atoms with van der Waals surface area (Å²) in [5.74, 6) is -0.300. The first-order valence-corrected chi connectivity index (χ1v) is 14.0. The van der Waals surface area contributed by atoms with E-state index in [0.29, 0.717) is 35.1 Å². The molecule has 1 saturated heterocycles. The smallest absolute Gasteiger partial charge is 0.298 e. The Labute approximate surface area is 245 Å². The highest BCUT2D eigenvalue weighted by atomic mass is 35.5. The number of Topliss-reactive ketones (excluding diaryl/α,β-unsaturated/α-hetero) is 1. The Hall–Kier alpha value is -4.14. The Balaban J connectivity index is 1.25. The van der Waals surface area contributed by atoms with Crippen molar-refractivity contribution in [2.24, 2.45) is 0 Å². The average Bonchev–Trinajstić information content (AvgIpc) is 3.39. The van der Waals surface area contributed by atoms with Gasteiger partial charge in [0.05, 0.1) is 6.61 Å². The van der Waals surface area contributed by atoms with Crippen molar-refractivity contribution < 1.29 is 14.3 Å². The fraction of sp³-hybridized carbons (Fsp3) is 0.281. The number of nitrogens with zero attached hydrogens (tertiary/aromatic N) is 4. The maximum Gasteiger partial charge on any atom is 0.298 e. The minimum atomic E-state index is -0.701. The van der Waals surface area contributed by atoms with Crippen LogP contribution in [-0.4, -0.2) is 61.1 Å². The Bertz CT molecular complexity index is 1520. The molecule has 0 bridgehead atoms. The van der Waals surface area contributed by atoms with Gasteiger partial charge in [-0.1, -0.05) is 23.7 Å². The molecule has 0 radical (unpaired) electrons. The second-order valence-corrected chi connectivity index (χ2v) is 10.7. The highest BCUT2D eigenvalue weighted by Crippen LogP contribution is 2.28. The number of nitrogens with one attached hydrogen (secondary N) is 1. The standard InChI is InChI=1S/C32H34ClN5O3/c1-22-19-23(2)34-29(20-22)37-15-13-36(14-16-37)27-9-7-26(8-10-27)35-32(40)31(39)30-28(11-12-38(30)17-18-41-3)24-5-4-6-25(33)21-24/h4-12,19-21H,13-18H2,1-3H3,(H,35,40). The number of methoxy groups -OCH3 is 1. The van der Waals surface area contributed by atoms with Gasteiger partial charge in [-0.3, -0.25) is 9.59 Å². The summed E-state index contributed by atoms with van der Waals surface area (Å²) >= 11 is 6.20. The van der Waals surface area contributed by atoms with Crippen LogP contribution in [0.3, 0.4) is 0 Å². The van der Waals surface area contributed by atoms with E-state index in [4.69, 9.17) is 21.3 Å². The predicted octanol–water partition coefficient (Wildman–Crippen LogP) is 5.61. The van der Waals surface area contributed by atoms with Gasteiger partial charge < -0.3 is 24.4 Å². The number of anilines is 3. The first kappa shape index (κ1) is 28.4. The number of benzene rings is 2. The van der Waals surface area contributed by atoms with Crippen molar-refractivity contribution in [1.29, 1.82) is 0 Å². The van der Waals surface area contributed by atoms with Crippen molar-refractivity contribution in [1.82, 2.24) is 9.55 Å². The molecule has 9 heteroatoms. The number of ketones is 1. The molecule has 1 fully saturated rings. The van der Waals surface area contributed by atoms with Gasteiger partial charge in [0.15, 0.2) is 0 Å². The molecule has 0 unspecified atom stereocenters. The zero-order valence-corrected chi connectivity index (χ0v) is 24.3. The fourth-order valence-electron chi connectivity index (χ4n) is 5.22. The summed E-state index contributed by atoms with van der Waals surface area (Å²) in [5.41, 5.74) is 5.59. The predicted molar refractivity (Wildman–Crippen MR) is 164 cm³/mol. The van der Waals surface area contributed by atoms with Crippen molar-refractivity contribution >= 4 is 40.5 Å². The molecular formula is C32H34ClN5O3. The monoisotopic (exact) mass is 571 g/mol. The van der Waals surface area contributed by atoms with Crippen LogP contribution in [0.1, 0.15) is 21.7 Å². The number of halogens is 1. The van der Waals surface area contributed by atoms with Crippen LogP contribution >= 0.6 is 11.6 Å². The van der Waals surface area contributed by atoms with Crippen LogP contribution in [0.5, 0.6) is 0 Å². The third-order valence-corrected chi connectivity index (χ3v) is 7.47. The molecule has 1 N–H and O–H groups in total. The number of hydrogen-bond donors (Lipinski definition) is 1. The van der Waals surface area contributed by atoms with Crippen molar-refractivity contribution in [3.63, 3.8) is 0 Å². The van der Waals surface area contributed by atoms with Gasteiger partial charge in [0.2, 0.25) is 0 Å². The lowest BCUT2D eigenvalue weighted by Gasteiger charge is -2.37. The summed E-state index contributed by atoms with van der Waals surface area (Å²) in [6.45, 7) is 8.45. The third-order valence-electron chi connectivity index (χ3n) is 7.23. The molecule has 1 amide bonds. The van der Waals surface area contributed by atoms with Gasteiger partial charge in [-0.15, -0.1) is 0 Å². The summed E-state index contributed by atoms with van der Waals surface area (Å²) in [4.78, 5) is 35.9. The minimum absolute atomic E-state index is 0.301. The van der Waals surface area contributed by atoms with E-state index in [2.05, 4.69) is 34.2 Å². The third kappa shape index (κ3) is 6.61. The lowest BCUT2D eigenvalue weighted by molar-refractivity contribution is -0.112. The molecule has 2 aromatic carbocycles. The van der Waals surface area contributed by atoms with Gasteiger partial charge in [0.1, 0.15) is 11.5 Å². The molecule has 41 heavy (non-hydrogen) atoms. The number of amides is 1. The van der Waals surface area contributed by atoms with Crippen LogP contribution in [0, 0.1) is 13.8 Å². The highest BCUT2D eigenvalue weighted by Gasteiger charge is 2.25. The van der Waals surface area contributed by atoms with Crippen LogP contribution in [0.15, 0.2) is 72.9 Å². The largest absolute Gasteiger partial charge is 0.383 e. The van der Waals surface area contributed by atoms with E-state index in [9.17, 15) is 9.59 Å². The van der Waals surface area contributed by atoms with E-state index >= 15 is 0 Å². The van der Waals surface area contributed by atoms with Crippen LogP contribution in [0.2, 0.25) is 5.02 Å². The number of hydrogen-bond acceptors (Lipinski definition) is 6. The number of carbonyl (C=O) groups excluding carboxylic acids is 2. The van der Waals surface area contributed by atoms with Crippen LogP contribution in [0.25, 0.3) is 11.1 Å². The SMILES string of the molecule is COCCn1ccc(-c2cccc(Cl)c2)c1C(=O)C(=O)Nc1ccc(N2CCN(c3cc(C)cc(C)n3)CC2)cc1. The number of rotatable bonds is 9. The Morgan fingerprint density at radius 3 is 2.37 bits per heavy atom. The molecule has 2 aromatic heterocycles. The maximum atomic E-state index is 13.5. The van der Waals surface area contributed by atoms with E-state index in [1.165, 1.54) is 5.56 Å². The van der Waals surface area contributed by atoms with Gasteiger partial charge in [-0.2, -0.15) is 0 Å². The first-order valence-electron chi connectivity index (χ1n) is 13.7. The number of pyridine rings is 1. The fourth-order valence-corrected chi connectivity index (χ4v) is 5.41. The van der Waals surface area contributed by atoms with E-state index in [1.54, 1.807) is 30.0 Å². The highest BCUT2D eigenvalue weighted by molar-refractivity contribution is 6.47. The summed E-state index contributed by atoms with van der Waals surface area (Å²) in [7, 11) is 1.60. The molecule has 1 aliphatic heterocycles. The van der Waals surface area contributed by atoms with Gasteiger partial charge >= 0.3 is 0 Å². The van der Waals surface area contributed by atoms with E-state index in [-0.39, 0.29) is 0 Å². The Morgan fingerprint density at radius 1 is 0.951 bits per heavy atom. The average molecular weight is 572 g/mol. The second-order valence-electron chi connectivity index (χ2n) is 10.2. The zero-order valence-electron chi connectivity index (χ0n) is 23.6. The quantitative estimate of drug-likeness (QED) is 0.208. The number of aromatic nitrogens is 2. The second kappa shape index (κ2) is 12.6. The topological polar surface area (TPSA) is 79.7 Å². The summed E-state index contributed by atoms with van der Waals surface area (Å²) < 4.78 is 6.95. The molecule has 0 aliphatic carbocycles. The molecule has 0 spiro atoms. The van der Waals surface area contributed by atoms with E-state index in [1.807, 2.05) is 49.4 Å². The van der Waals surface area contributed by atoms with Gasteiger partial charge in [-0.05, 0) is 79.6 Å². The normalized spacial score (nSPS) is 13.4. The first-order chi connectivity index (χ1) is 19.8. The van der Waals surface area contributed by atoms with Gasteiger partial charge in [0, 0.05) is 73.7 Å². The van der Waals surface area contributed by atoms with Gasteiger partial charge in [-0.25, -0.2) is 4.98 Å². The number of aryl methyl sites for hydroxylation is 2. The molecule has 3 heterocycles. The lowest BCUT2D eigenvalue weighted by atomic mass is 10.0. The van der Waals surface area contributed by atoms with Crippen molar-refractivity contribution in [2.75, 3.05) is 55.0 Å². The summed E-state index contributed by atoms with van der Waals surface area (Å²) in [6.07, 6.45) is 1.79. The summed E-state index contributed by atoms with van der Waals surface area (Å²) in [5, 5.41) is 3.33. The Morgan fingerprint density at radius 2 is 1.68 bits per heavy atom. The maximum absolute atomic E-state index is 13.5. The zero-order chi connectivity index (χ0) is 28.9. The van der Waals surface area contributed by atoms with E-state index in [0.717, 1.165) is 48.9 Å². The molecule has 0 atom stereocenters. The molecule has 8 nitrogen and oxygen atoms in total. The number of carbonyl (C=O) groups is 2. The molecular weight excluding hydrogens is 538 g/mol. The van der Waals surface area contributed by atoms with Gasteiger partial charge in [0.25, 0.3) is 11.7 Å². The van der Waals surface area contributed by atoms with E-state index < -0.39 is 11.7 Å². The number of piperazine rings is 1. The van der Waals surface area contributed by atoms with Crippen LogP contribution in [-0.2, 0) is 16.1 Å². The minimum Gasteiger partial charge on any atom is -0.383 e. The van der Waals surface area contributed by atoms with Crippen LogP contribution in [0.4, 0.5) is 17.2 Å². The van der Waals surface area contributed by atoms with Crippen LogP contribution < -0.4 is 15.1 Å². The Kier molecular flexibility index (Phi) is 8.71. The van der Waals surface area contributed by atoms with Crippen molar-refractivity contribution in [3.05, 3.63) is 94.9 Å².